The number of amides is 2. The molecule has 0 bridgehead atoms. The Morgan fingerprint density at radius 1 is 0.970 bits per heavy atom. The molecule has 3 atom stereocenters. The molecule has 33 heavy (non-hydrogen) atoms. The zero-order valence-corrected chi connectivity index (χ0v) is 19.7. The van der Waals surface area contributed by atoms with Crippen molar-refractivity contribution in [3.63, 3.8) is 0 Å². The molecular weight excluding hydrogens is 512 g/mol. The smallest absolute Gasteiger partial charge is 0.266 e. The van der Waals surface area contributed by atoms with Gasteiger partial charge in [-0.05, 0) is 66.2 Å². The van der Waals surface area contributed by atoms with Crippen molar-refractivity contribution in [3.05, 3.63) is 81.8 Å². The molecule has 3 aromatic carbocycles. The van der Waals surface area contributed by atoms with E-state index in [9.17, 15) is 14.7 Å². The van der Waals surface area contributed by atoms with Gasteiger partial charge >= 0.3 is 0 Å². The minimum atomic E-state index is -0.998. The van der Waals surface area contributed by atoms with Crippen LogP contribution in [-0.2, 0) is 14.4 Å². The van der Waals surface area contributed by atoms with Crippen molar-refractivity contribution >= 4 is 50.7 Å². The fourth-order valence-electron chi connectivity index (χ4n) is 4.29. The molecule has 9 heteroatoms. The van der Waals surface area contributed by atoms with Crippen molar-refractivity contribution < 1.29 is 24.3 Å². The Labute approximate surface area is 203 Å². The van der Waals surface area contributed by atoms with E-state index in [0.717, 1.165) is 4.47 Å². The topological polar surface area (TPSA) is 79.3 Å². The van der Waals surface area contributed by atoms with Gasteiger partial charge in [-0.15, -0.1) is 0 Å². The molecule has 2 heterocycles. The number of benzene rings is 3. The second-order valence-corrected chi connectivity index (χ2v) is 9.07. The van der Waals surface area contributed by atoms with Gasteiger partial charge in [-0.1, -0.05) is 33.6 Å². The van der Waals surface area contributed by atoms with E-state index in [1.807, 2.05) is 0 Å². The molecular formula is C24H18BrClN2O5. The van der Waals surface area contributed by atoms with E-state index < -0.39 is 24.0 Å². The van der Waals surface area contributed by atoms with Gasteiger partial charge in [0.15, 0.2) is 17.6 Å². The molecule has 2 fully saturated rings. The van der Waals surface area contributed by atoms with Gasteiger partial charge in [-0.3, -0.25) is 14.4 Å². The Kier molecular flexibility index (Phi) is 5.52. The highest BCUT2D eigenvalue weighted by atomic mass is 79.9. The first kappa shape index (κ1) is 21.8. The number of halogens is 2. The molecule has 1 N–H and O–H groups in total. The van der Waals surface area contributed by atoms with Gasteiger partial charge in [0.25, 0.3) is 5.91 Å². The predicted molar refractivity (Wildman–Crippen MR) is 126 cm³/mol. The molecule has 2 aliphatic rings. The summed E-state index contributed by atoms with van der Waals surface area (Å²) in [5.74, 6) is -1.36. The van der Waals surface area contributed by atoms with Crippen molar-refractivity contribution in [1.29, 1.82) is 0 Å². The van der Waals surface area contributed by atoms with Gasteiger partial charge < -0.3 is 9.84 Å². The number of phenolic OH excluding ortho intramolecular Hbond substituents is 1. The van der Waals surface area contributed by atoms with Crippen LogP contribution in [0.2, 0.25) is 5.02 Å². The number of anilines is 2. The lowest BCUT2D eigenvalue weighted by Crippen LogP contribution is -2.37. The van der Waals surface area contributed by atoms with Crippen LogP contribution < -0.4 is 14.7 Å². The molecule has 7 nitrogen and oxygen atoms in total. The van der Waals surface area contributed by atoms with Crippen molar-refractivity contribution in [1.82, 2.24) is 0 Å². The number of rotatable bonds is 4. The quantitative estimate of drug-likeness (QED) is 0.486. The number of imide groups is 1. The van der Waals surface area contributed by atoms with Crippen LogP contribution in [0.5, 0.6) is 11.5 Å². The molecule has 0 aromatic heterocycles. The second kappa shape index (κ2) is 8.37. The van der Waals surface area contributed by atoms with Crippen molar-refractivity contribution in [2.75, 3.05) is 17.1 Å². The van der Waals surface area contributed by atoms with Crippen LogP contribution in [0.1, 0.15) is 11.6 Å². The minimum Gasteiger partial charge on any atom is -0.504 e. The van der Waals surface area contributed by atoms with Gasteiger partial charge in [0.1, 0.15) is 5.92 Å². The summed E-state index contributed by atoms with van der Waals surface area (Å²) in [5, 5.41) is 12.2. The number of phenols is 1. The molecule has 0 aliphatic carbocycles. The highest BCUT2D eigenvalue weighted by molar-refractivity contribution is 9.10. The predicted octanol–water partition coefficient (Wildman–Crippen LogP) is 4.87. The summed E-state index contributed by atoms with van der Waals surface area (Å²) in [7, 11) is 1.45. The number of nitrogens with zero attached hydrogens (tertiary/aromatic N) is 2. The van der Waals surface area contributed by atoms with Gasteiger partial charge in [-0.2, -0.15) is 0 Å². The number of aromatic hydroxyl groups is 1. The van der Waals surface area contributed by atoms with E-state index in [-0.39, 0.29) is 17.4 Å². The zero-order chi connectivity index (χ0) is 23.3. The number of hydrogen-bond acceptors (Lipinski definition) is 6. The molecule has 168 valence electrons. The fraction of sp³-hybridized carbons (Fsp3) is 0.167. The first-order valence-corrected chi connectivity index (χ1v) is 11.3. The third-order valence-electron chi connectivity index (χ3n) is 5.83. The number of ether oxygens (including phenoxy) is 1. The highest BCUT2D eigenvalue weighted by Crippen LogP contribution is 2.48. The summed E-state index contributed by atoms with van der Waals surface area (Å²) in [6.07, 6.45) is -0.998. The number of hydrogen-bond donors (Lipinski definition) is 1. The average molecular weight is 530 g/mol. The Bertz CT molecular complexity index is 1230. The Morgan fingerprint density at radius 3 is 2.30 bits per heavy atom. The van der Waals surface area contributed by atoms with Crippen molar-refractivity contribution in [3.8, 4) is 11.5 Å². The van der Waals surface area contributed by atoms with E-state index in [2.05, 4.69) is 15.9 Å². The summed E-state index contributed by atoms with van der Waals surface area (Å²) in [6, 6.07) is 18.1. The first-order chi connectivity index (χ1) is 15.9. The summed E-state index contributed by atoms with van der Waals surface area (Å²) in [5.41, 5.74) is 1.78. The maximum atomic E-state index is 13.6. The van der Waals surface area contributed by atoms with E-state index in [0.29, 0.717) is 22.0 Å². The van der Waals surface area contributed by atoms with E-state index in [1.54, 1.807) is 65.7 Å². The maximum Gasteiger partial charge on any atom is 0.266 e. The lowest BCUT2D eigenvalue weighted by Gasteiger charge is -2.29. The largest absolute Gasteiger partial charge is 0.504 e. The van der Waals surface area contributed by atoms with E-state index in [1.165, 1.54) is 18.1 Å². The lowest BCUT2D eigenvalue weighted by molar-refractivity contribution is -0.126. The Hall–Kier alpha value is -3.07. The fourth-order valence-corrected chi connectivity index (χ4v) is 4.68. The standard InChI is InChI=1S/C24H18BrClN2O5/c1-32-19-12-13(2-11-18(19)29)21-20-22(33-28(21)17-9-5-15(26)6-10-17)24(31)27(23(20)30)16-7-3-14(25)4-8-16/h2-12,20-22,29H,1H3. The van der Waals surface area contributed by atoms with Crippen LogP contribution in [0.15, 0.2) is 71.2 Å². The lowest BCUT2D eigenvalue weighted by atomic mass is 9.90. The molecule has 3 aromatic rings. The SMILES string of the molecule is COc1cc(C2C3C(=O)N(c4ccc(Br)cc4)C(=O)C3ON2c2ccc(Cl)cc2)ccc1O. The third-order valence-corrected chi connectivity index (χ3v) is 6.61. The monoisotopic (exact) mass is 528 g/mol. The highest BCUT2D eigenvalue weighted by Gasteiger charge is 2.60. The minimum absolute atomic E-state index is 0.0277. The van der Waals surface area contributed by atoms with Crippen LogP contribution in [-0.4, -0.2) is 30.1 Å². The molecule has 0 saturated carbocycles. The molecule has 5 rings (SSSR count). The number of carbonyl (C=O) groups excluding carboxylic acids is 2. The van der Waals surface area contributed by atoms with Gasteiger partial charge in [-0.25, -0.2) is 9.96 Å². The second-order valence-electron chi connectivity index (χ2n) is 7.72. The summed E-state index contributed by atoms with van der Waals surface area (Å²) >= 11 is 9.42. The van der Waals surface area contributed by atoms with Crippen molar-refractivity contribution in [2.24, 2.45) is 5.92 Å². The van der Waals surface area contributed by atoms with Gasteiger partial charge in [0.05, 0.1) is 24.5 Å². The van der Waals surface area contributed by atoms with Crippen LogP contribution in [0.4, 0.5) is 11.4 Å². The van der Waals surface area contributed by atoms with Crippen LogP contribution in [0, 0.1) is 5.92 Å². The molecule has 2 aliphatic heterocycles. The third kappa shape index (κ3) is 3.64. The number of methoxy groups -OCH3 is 1. The van der Waals surface area contributed by atoms with Crippen LogP contribution in [0.3, 0.4) is 0 Å². The molecule has 2 amide bonds. The van der Waals surface area contributed by atoms with Crippen LogP contribution in [0.25, 0.3) is 0 Å². The molecule has 0 spiro atoms. The summed E-state index contributed by atoms with van der Waals surface area (Å²) in [6.45, 7) is 0. The van der Waals surface area contributed by atoms with E-state index >= 15 is 0 Å². The Balaban J connectivity index is 1.60. The number of carbonyl (C=O) groups is 2. The molecule has 0 radical (unpaired) electrons. The number of fused-ring (bicyclic) bond motifs is 1. The maximum absolute atomic E-state index is 13.6. The Morgan fingerprint density at radius 2 is 1.64 bits per heavy atom. The normalized spacial score (nSPS) is 22.1. The number of hydroxylamine groups is 1. The average Bonchev–Trinajstić information content (AvgIpc) is 3.32. The zero-order valence-electron chi connectivity index (χ0n) is 17.3. The molecule has 2 saturated heterocycles. The molecule has 3 unspecified atom stereocenters. The first-order valence-electron chi connectivity index (χ1n) is 10.1. The summed E-state index contributed by atoms with van der Waals surface area (Å²) in [4.78, 5) is 34.2. The van der Waals surface area contributed by atoms with Crippen molar-refractivity contribution in [2.45, 2.75) is 12.1 Å². The van der Waals surface area contributed by atoms with Gasteiger partial charge in [0, 0.05) is 9.50 Å². The van der Waals surface area contributed by atoms with Gasteiger partial charge in [0.2, 0.25) is 5.91 Å². The van der Waals surface area contributed by atoms with Crippen LogP contribution >= 0.6 is 27.5 Å². The summed E-state index contributed by atoms with van der Waals surface area (Å²) < 4.78 is 6.11. The van der Waals surface area contributed by atoms with E-state index in [4.69, 9.17) is 21.2 Å².